The van der Waals surface area contributed by atoms with Crippen molar-refractivity contribution in [2.24, 2.45) is 7.05 Å². The van der Waals surface area contributed by atoms with E-state index in [-0.39, 0.29) is 6.10 Å². The molecule has 0 aliphatic carbocycles. The van der Waals surface area contributed by atoms with Gasteiger partial charge in [-0.25, -0.2) is 4.98 Å². The summed E-state index contributed by atoms with van der Waals surface area (Å²) < 4.78 is 13.1. The van der Waals surface area contributed by atoms with Gasteiger partial charge in [0, 0.05) is 25.4 Å². The lowest BCUT2D eigenvalue weighted by Gasteiger charge is -2.12. The largest absolute Gasteiger partial charge is 0.491 e. The van der Waals surface area contributed by atoms with Crippen molar-refractivity contribution < 1.29 is 9.47 Å². The van der Waals surface area contributed by atoms with Crippen molar-refractivity contribution in [3.63, 3.8) is 0 Å². The molecule has 2 heterocycles. The Morgan fingerprint density at radius 1 is 1.48 bits per heavy atom. The summed E-state index contributed by atoms with van der Waals surface area (Å²) in [6.07, 6.45) is 4.01. The normalized spacial score (nSPS) is 17.9. The number of hydrogen-bond acceptors (Lipinski definition) is 5. The maximum atomic E-state index is 5.79. The summed E-state index contributed by atoms with van der Waals surface area (Å²) in [4.78, 5) is 4.18. The van der Waals surface area contributed by atoms with Gasteiger partial charge in [0.1, 0.15) is 24.5 Å². The minimum atomic E-state index is 0.236. The maximum absolute atomic E-state index is 5.79. The molecule has 1 atom stereocenters. The van der Waals surface area contributed by atoms with Crippen molar-refractivity contribution in [2.75, 3.05) is 18.5 Å². The fourth-order valence-corrected chi connectivity index (χ4v) is 2.32. The second kappa shape index (κ2) is 6.58. The summed E-state index contributed by atoms with van der Waals surface area (Å²) in [5, 5.41) is 7.37. The first-order valence-electron chi connectivity index (χ1n) is 7.22. The van der Waals surface area contributed by atoms with E-state index in [1.165, 1.54) is 0 Å². The minimum Gasteiger partial charge on any atom is -0.491 e. The molecule has 6 nitrogen and oxygen atoms in total. The van der Waals surface area contributed by atoms with Crippen molar-refractivity contribution >= 4 is 5.69 Å². The monoisotopic (exact) mass is 288 g/mol. The van der Waals surface area contributed by atoms with Crippen LogP contribution in [-0.4, -0.2) is 34.1 Å². The first-order chi connectivity index (χ1) is 10.3. The van der Waals surface area contributed by atoms with Gasteiger partial charge in [-0.2, -0.15) is 5.10 Å². The van der Waals surface area contributed by atoms with Crippen LogP contribution in [0, 0.1) is 0 Å². The molecule has 1 unspecified atom stereocenters. The number of aromatic nitrogens is 3. The molecule has 0 saturated carbocycles. The van der Waals surface area contributed by atoms with Gasteiger partial charge in [-0.15, -0.1) is 0 Å². The Morgan fingerprint density at radius 3 is 3.19 bits per heavy atom. The molecule has 112 valence electrons. The number of rotatable bonds is 6. The lowest BCUT2D eigenvalue weighted by Crippen LogP contribution is -2.16. The van der Waals surface area contributed by atoms with E-state index in [9.17, 15) is 0 Å². The highest BCUT2D eigenvalue weighted by Crippen LogP contribution is 2.20. The number of nitrogens with one attached hydrogen (secondary N) is 1. The van der Waals surface area contributed by atoms with Gasteiger partial charge in [-0.05, 0) is 25.0 Å². The van der Waals surface area contributed by atoms with Crippen LogP contribution in [0.15, 0.2) is 30.6 Å². The fraction of sp³-hybridized carbons (Fsp3) is 0.467. The fourth-order valence-electron chi connectivity index (χ4n) is 2.32. The zero-order valence-corrected chi connectivity index (χ0v) is 12.2. The van der Waals surface area contributed by atoms with Crippen LogP contribution >= 0.6 is 0 Å². The zero-order valence-electron chi connectivity index (χ0n) is 12.2. The van der Waals surface area contributed by atoms with Crippen LogP contribution in [0.4, 0.5) is 5.69 Å². The highest BCUT2D eigenvalue weighted by Gasteiger charge is 2.15. The lowest BCUT2D eigenvalue weighted by molar-refractivity contribution is 0.0680. The molecule has 0 bridgehead atoms. The third-order valence-electron chi connectivity index (χ3n) is 3.55. The number of anilines is 1. The topological polar surface area (TPSA) is 61.2 Å². The van der Waals surface area contributed by atoms with Crippen molar-refractivity contribution in [3.8, 4) is 5.75 Å². The molecule has 1 aromatic carbocycles. The van der Waals surface area contributed by atoms with Crippen molar-refractivity contribution in [1.82, 2.24) is 14.8 Å². The molecular formula is C15H20N4O2. The molecule has 1 N–H and O–H groups in total. The van der Waals surface area contributed by atoms with E-state index < -0.39 is 0 Å². The predicted molar refractivity (Wildman–Crippen MR) is 79.2 cm³/mol. The van der Waals surface area contributed by atoms with Gasteiger partial charge < -0.3 is 14.8 Å². The summed E-state index contributed by atoms with van der Waals surface area (Å²) in [6, 6.07) is 7.94. The molecule has 1 fully saturated rings. The smallest absolute Gasteiger partial charge is 0.145 e. The summed E-state index contributed by atoms with van der Waals surface area (Å²) >= 11 is 0. The van der Waals surface area contributed by atoms with Crippen LogP contribution in [0.2, 0.25) is 0 Å². The number of benzene rings is 1. The summed E-state index contributed by atoms with van der Waals surface area (Å²) in [5.41, 5.74) is 1.00. The molecule has 2 aromatic rings. The van der Waals surface area contributed by atoms with Gasteiger partial charge in [0.05, 0.1) is 12.6 Å². The quantitative estimate of drug-likeness (QED) is 0.880. The Kier molecular flexibility index (Phi) is 4.35. The van der Waals surface area contributed by atoms with E-state index in [1.807, 2.05) is 31.3 Å². The zero-order chi connectivity index (χ0) is 14.5. The predicted octanol–water partition coefficient (Wildman–Crippen LogP) is 1.99. The average molecular weight is 288 g/mol. The van der Waals surface area contributed by atoms with Gasteiger partial charge >= 0.3 is 0 Å². The van der Waals surface area contributed by atoms with E-state index in [0.29, 0.717) is 13.2 Å². The lowest BCUT2D eigenvalue weighted by atomic mass is 10.2. The van der Waals surface area contributed by atoms with E-state index in [0.717, 1.165) is 36.7 Å². The molecule has 0 amide bonds. The van der Waals surface area contributed by atoms with Crippen molar-refractivity contribution in [1.29, 1.82) is 0 Å². The number of nitrogens with zero attached hydrogens (tertiary/aromatic N) is 3. The molecule has 6 heteroatoms. The standard InChI is InChI=1S/C15H20N4O2/c1-19-15(17-11-18-19)9-16-12-4-2-5-13(8-12)21-10-14-6-3-7-20-14/h2,4-5,8,11,14,16H,3,6-7,9-10H2,1H3. The Hall–Kier alpha value is -2.08. The van der Waals surface area contributed by atoms with Crippen LogP contribution in [-0.2, 0) is 18.3 Å². The first-order valence-corrected chi connectivity index (χ1v) is 7.22. The minimum absolute atomic E-state index is 0.236. The van der Waals surface area contributed by atoms with Crippen LogP contribution in [0.3, 0.4) is 0 Å². The van der Waals surface area contributed by atoms with E-state index in [4.69, 9.17) is 9.47 Å². The van der Waals surface area contributed by atoms with Gasteiger partial charge in [-0.1, -0.05) is 6.07 Å². The third kappa shape index (κ3) is 3.72. The SMILES string of the molecule is Cn1ncnc1CNc1cccc(OCC2CCCO2)c1. The molecule has 21 heavy (non-hydrogen) atoms. The highest BCUT2D eigenvalue weighted by atomic mass is 16.5. The molecule has 1 aliphatic heterocycles. The first kappa shape index (κ1) is 13.9. The molecule has 1 aromatic heterocycles. The molecular weight excluding hydrogens is 268 g/mol. The molecule has 0 spiro atoms. The average Bonchev–Trinajstić information content (AvgIpc) is 3.15. The van der Waals surface area contributed by atoms with Crippen LogP contribution in [0.25, 0.3) is 0 Å². The van der Waals surface area contributed by atoms with E-state index in [1.54, 1.807) is 11.0 Å². The van der Waals surface area contributed by atoms with Crippen LogP contribution in [0.5, 0.6) is 5.75 Å². The van der Waals surface area contributed by atoms with Crippen molar-refractivity contribution in [3.05, 3.63) is 36.4 Å². The molecule has 1 saturated heterocycles. The van der Waals surface area contributed by atoms with Crippen molar-refractivity contribution in [2.45, 2.75) is 25.5 Å². The number of ether oxygens (including phenoxy) is 2. The maximum Gasteiger partial charge on any atom is 0.145 e. The molecule has 1 aliphatic rings. The summed E-state index contributed by atoms with van der Waals surface area (Å²) in [5.74, 6) is 1.74. The van der Waals surface area contributed by atoms with Crippen LogP contribution in [0.1, 0.15) is 18.7 Å². The Balaban J connectivity index is 1.54. The van der Waals surface area contributed by atoms with Gasteiger partial charge in [-0.3, -0.25) is 4.68 Å². The number of hydrogen-bond donors (Lipinski definition) is 1. The van der Waals surface area contributed by atoms with E-state index in [2.05, 4.69) is 15.4 Å². The Labute approximate surface area is 124 Å². The second-order valence-electron chi connectivity index (χ2n) is 5.13. The summed E-state index contributed by atoms with van der Waals surface area (Å²) in [6.45, 7) is 2.10. The van der Waals surface area contributed by atoms with Crippen LogP contribution < -0.4 is 10.1 Å². The molecule has 3 rings (SSSR count). The Bertz CT molecular complexity index is 579. The van der Waals surface area contributed by atoms with Gasteiger partial charge in [0.15, 0.2) is 0 Å². The Morgan fingerprint density at radius 2 is 2.43 bits per heavy atom. The van der Waals surface area contributed by atoms with Gasteiger partial charge in [0.2, 0.25) is 0 Å². The second-order valence-corrected chi connectivity index (χ2v) is 5.13. The van der Waals surface area contributed by atoms with E-state index >= 15 is 0 Å². The third-order valence-corrected chi connectivity index (χ3v) is 3.55. The van der Waals surface area contributed by atoms with Gasteiger partial charge in [0.25, 0.3) is 0 Å². The highest BCUT2D eigenvalue weighted by molar-refractivity contribution is 5.48. The summed E-state index contributed by atoms with van der Waals surface area (Å²) in [7, 11) is 1.88. The molecule has 0 radical (unpaired) electrons. The number of aryl methyl sites for hydroxylation is 1.